The maximum absolute atomic E-state index is 12.2. The van der Waals surface area contributed by atoms with E-state index >= 15 is 0 Å². The predicted molar refractivity (Wildman–Crippen MR) is 78.5 cm³/mol. The average molecular weight is 265 g/mol. The summed E-state index contributed by atoms with van der Waals surface area (Å²) in [6, 6.07) is 4.69. The molecule has 1 saturated heterocycles. The fraction of sp³-hybridized carbons (Fsp3) is 0.600. The Morgan fingerprint density at radius 3 is 2.44 bits per heavy atom. The van der Waals surface area contributed by atoms with Crippen LogP contribution in [0.5, 0.6) is 0 Å². The summed E-state index contributed by atoms with van der Waals surface area (Å²) in [5.41, 5.74) is 5.29. The zero-order valence-corrected chi connectivity index (χ0v) is 12.6. The van der Waals surface area contributed by atoms with Crippen molar-refractivity contribution in [3.63, 3.8) is 0 Å². The van der Waals surface area contributed by atoms with Gasteiger partial charge in [-0.1, -0.05) is 24.6 Å². The topological polar surface area (TPSA) is 29.1 Å². The van der Waals surface area contributed by atoms with Gasteiger partial charge in [0, 0.05) is 27.8 Å². The standard InChI is InChI=1S/C15H23NOS/c1-10-7-11(2)15(12(3)8-10)14-9-18(17)13(4)5-6-16-14/h7-8,13-14,16H,5-6,9H2,1-4H3. The molecule has 2 nitrogen and oxygen atoms in total. The highest BCUT2D eigenvalue weighted by Crippen LogP contribution is 2.26. The molecule has 0 bridgehead atoms. The van der Waals surface area contributed by atoms with Crippen molar-refractivity contribution in [3.8, 4) is 0 Å². The van der Waals surface area contributed by atoms with Crippen LogP contribution >= 0.6 is 0 Å². The molecular weight excluding hydrogens is 242 g/mol. The lowest BCUT2D eigenvalue weighted by Gasteiger charge is -2.21. The maximum atomic E-state index is 12.2. The molecule has 0 radical (unpaired) electrons. The zero-order valence-electron chi connectivity index (χ0n) is 11.7. The largest absolute Gasteiger partial charge is 0.309 e. The Morgan fingerprint density at radius 2 is 1.83 bits per heavy atom. The van der Waals surface area contributed by atoms with Gasteiger partial charge in [0.25, 0.3) is 0 Å². The van der Waals surface area contributed by atoms with Gasteiger partial charge >= 0.3 is 0 Å². The third-order valence-electron chi connectivity index (χ3n) is 3.81. The fourth-order valence-corrected chi connectivity index (χ4v) is 4.23. The molecule has 1 aliphatic heterocycles. The Balaban J connectivity index is 2.34. The summed E-state index contributed by atoms with van der Waals surface area (Å²) in [5.74, 6) is 0.742. The predicted octanol–water partition coefficient (Wildman–Crippen LogP) is 2.78. The maximum Gasteiger partial charge on any atom is 0.0442 e. The van der Waals surface area contributed by atoms with E-state index in [1.54, 1.807) is 0 Å². The van der Waals surface area contributed by atoms with E-state index < -0.39 is 10.8 Å². The van der Waals surface area contributed by atoms with Crippen LogP contribution in [-0.2, 0) is 10.8 Å². The van der Waals surface area contributed by atoms with E-state index in [1.807, 2.05) is 0 Å². The lowest BCUT2D eigenvalue weighted by atomic mass is 9.95. The molecule has 0 spiro atoms. The van der Waals surface area contributed by atoms with Gasteiger partial charge in [0.1, 0.15) is 0 Å². The van der Waals surface area contributed by atoms with Crippen molar-refractivity contribution in [2.75, 3.05) is 12.3 Å². The van der Waals surface area contributed by atoms with Crippen LogP contribution in [0.3, 0.4) is 0 Å². The first kappa shape index (κ1) is 13.8. The van der Waals surface area contributed by atoms with Gasteiger partial charge in [-0.2, -0.15) is 0 Å². The summed E-state index contributed by atoms with van der Waals surface area (Å²) in [5, 5.41) is 3.88. The Labute approximate surface area is 113 Å². The van der Waals surface area contributed by atoms with E-state index in [1.165, 1.54) is 22.3 Å². The summed E-state index contributed by atoms with van der Waals surface area (Å²) >= 11 is 0. The molecule has 1 fully saturated rings. The van der Waals surface area contributed by atoms with E-state index in [2.05, 4.69) is 45.1 Å². The highest BCUT2D eigenvalue weighted by atomic mass is 32.2. The number of aryl methyl sites for hydroxylation is 3. The molecule has 1 aliphatic rings. The van der Waals surface area contributed by atoms with Crippen molar-refractivity contribution in [1.29, 1.82) is 0 Å². The summed E-state index contributed by atoms with van der Waals surface area (Å²) in [4.78, 5) is 0. The van der Waals surface area contributed by atoms with E-state index in [4.69, 9.17) is 0 Å². The molecule has 2 rings (SSSR count). The zero-order chi connectivity index (χ0) is 13.3. The third-order valence-corrected chi connectivity index (χ3v) is 5.60. The van der Waals surface area contributed by atoms with Gasteiger partial charge in [-0.3, -0.25) is 4.21 Å². The molecule has 0 aromatic heterocycles. The molecule has 1 aromatic rings. The number of benzene rings is 1. The van der Waals surface area contributed by atoms with Crippen LogP contribution in [0, 0.1) is 20.8 Å². The second kappa shape index (κ2) is 5.54. The Bertz CT molecular complexity index is 447. The third kappa shape index (κ3) is 2.83. The lowest BCUT2D eigenvalue weighted by Crippen LogP contribution is -2.25. The van der Waals surface area contributed by atoms with E-state index in [0.717, 1.165) is 18.7 Å². The quantitative estimate of drug-likeness (QED) is 0.846. The number of hydrogen-bond acceptors (Lipinski definition) is 2. The van der Waals surface area contributed by atoms with E-state index in [9.17, 15) is 4.21 Å². The van der Waals surface area contributed by atoms with Crippen LogP contribution < -0.4 is 5.32 Å². The highest BCUT2D eigenvalue weighted by Gasteiger charge is 2.24. The van der Waals surface area contributed by atoms with Crippen molar-refractivity contribution in [1.82, 2.24) is 5.32 Å². The molecule has 0 aliphatic carbocycles. The highest BCUT2D eigenvalue weighted by molar-refractivity contribution is 7.85. The van der Waals surface area contributed by atoms with Crippen LogP contribution in [0.2, 0.25) is 0 Å². The van der Waals surface area contributed by atoms with Crippen molar-refractivity contribution in [2.24, 2.45) is 0 Å². The van der Waals surface area contributed by atoms with Crippen molar-refractivity contribution in [2.45, 2.75) is 45.4 Å². The first-order valence-electron chi connectivity index (χ1n) is 6.67. The second-order valence-electron chi connectivity index (χ2n) is 5.47. The summed E-state index contributed by atoms with van der Waals surface area (Å²) < 4.78 is 12.2. The first-order valence-corrected chi connectivity index (χ1v) is 8.05. The van der Waals surface area contributed by atoms with Gasteiger partial charge in [0.2, 0.25) is 0 Å². The minimum atomic E-state index is -0.717. The van der Waals surface area contributed by atoms with E-state index in [-0.39, 0.29) is 6.04 Å². The molecule has 3 unspecified atom stereocenters. The number of hydrogen-bond donors (Lipinski definition) is 1. The van der Waals surface area contributed by atoms with Crippen molar-refractivity contribution < 1.29 is 4.21 Å². The van der Waals surface area contributed by atoms with Gasteiger partial charge in [-0.25, -0.2) is 0 Å². The molecule has 100 valence electrons. The Morgan fingerprint density at radius 1 is 1.22 bits per heavy atom. The Kier molecular flexibility index (Phi) is 4.23. The summed E-state index contributed by atoms with van der Waals surface area (Å²) in [6.45, 7) is 9.51. The molecule has 3 heteroatoms. The molecule has 1 heterocycles. The van der Waals surface area contributed by atoms with Gasteiger partial charge in [-0.05, 0) is 50.4 Å². The molecule has 3 atom stereocenters. The summed E-state index contributed by atoms with van der Waals surface area (Å²) in [7, 11) is -0.717. The monoisotopic (exact) mass is 265 g/mol. The van der Waals surface area contributed by atoms with Crippen LogP contribution in [0.4, 0.5) is 0 Å². The summed E-state index contributed by atoms with van der Waals surface area (Å²) in [6.07, 6.45) is 1.01. The normalized spacial score (nSPS) is 29.0. The van der Waals surface area contributed by atoms with Gasteiger partial charge in [0.15, 0.2) is 0 Å². The minimum absolute atomic E-state index is 0.247. The molecule has 0 saturated carbocycles. The lowest BCUT2D eigenvalue weighted by molar-refractivity contribution is 0.574. The smallest absolute Gasteiger partial charge is 0.0442 e. The first-order chi connectivity index (χ1) is 8.49. The molecule has 1 N–H and O–H groups in total. The van der Waals surface area contributed by atoms with Gasteiger partial charge < -0.3 is 5.32 Å². The number of nitrogens with one attached hydrogen (secondary N) is 1. The average Bonchev–Trinajstić information content (AvgIpc) is 2.40. The fourth-order valence-electron chi connectivity index (χ4n) is 2.91. The van der Waals surface area contributed by atoms with E-state index in [0.29, 0.717) is 5.25 Å². The van der Waals surface area contributed by atoms with Gasteiger partial charge in [-0.15, -0.1) is 0 Å². The van der Waals surface area contributed by atoms with Gasteiger partial charge in [0.05, 0.1) is 0 Å². The Hall–Kier alpha value is -0.670. The molecular formula is C15H23NOS. The molecule has 18 heavy (non-hydrogen) atoms. The SMILES string of the molecule is Cc1cc(C)c(C2CS(=O)C(C)CCN2)c(C)c1. The minimum Gasteiger partial charge on any atom is -0.309 e. The second-order valence-corrected chi connectivity index (χ2v) is 7.37. The van der Waals surface area contributed by atoms with Crippen LogP contribution in [0.1, 0.15) is 41.6 Å². The molecule has 0 amide bonds. The van der Waals surface area contributed by atoms with Crippen LogP contribution in [0.25, 0.3) is 0 Å². The number of rotatable bonds is 1. The van der Waals surface area contributed by atoms with Crippen molar-refractivity contribution >= 4 is 10.8 Å². The van der Waals surface area contributed by atoms with Crippen LogP contribution in [-0.4, -0.2) is 21.8 Å². The van der Waals surface area contributed by atoms with Crippen LogP contribution in [0.15, 0.2) is 12.1 Å². The van der Waals surface area contributed by atoms with Crippen molar-refractivity contribution in [3.05, 3.63) is 34.4 Å². The molecule has 1 aromatic carbocycles.